The molecule has 0 unspecified atom stereocenters. The largest absolute Gasteiger partial charge is 0.438 e. The lowest BCUT2D eigenvalue weighted by Gasteiger charge is -2.12. The van der Waals surface area contributed by atoms with Crippen molar-refractivity contribution in [2.45, 2.75) is 20.8 Å². The second kappa shape index (κ2) is 8.72. The van der Waals surface area contributed by atoms with Crippen molar-refractivity contribution in [3.63, 3.8) is 0 Å². The van der Waals surface area contributed by atoms with Crippen LogP contribution in [0.15, 0.2) is 58.9 Å². The topological polar surface area (TPSA) is 63.9 Å². The average Bonchev–Trinajstić information content (AvgIpc) is 2.98. The standard InChI is InChI=1S/C24H21N3O3S2/c1-5-8-27-23(29)19(32-24(27)31)13-18-21(30-17-11-14(2)10-15(3)12-17)25-20-16(4)7-6-9-26(20)22(18)28/h5-7,9-13H,1,8H2,2-4H3/b19-13+. The van der Waals surface area contributed by atoms with Gasteiger partial charge in [-0.15, -0.1) is 6.58 Å². The Hall–Kier alpha value is -3.23. The number of ether oxygens (including phenoxy) is 1. The predicted molar refractivity (Wildman–Crippen MR) is 132 cm³/mol. The van der Waals surface area contributed by atoms with E-state index in [4.69, 9.17) is 17.0 Å². The molecule has 3 aromatic rings. The van der Waals surface area contributed by atoms with E-state index in [0.29, 0.717) is 27.2 Å². The molecule has 6 nitrogen and oxygen atoms in total. The summed E-state index contributed by atoms with van der Waals surface area (Å²) in [6, 6.07) is 9.45. The highest BCUT2D eigenvalue weighted by Gasteiger charge is 2.32. The van der Waals surface area contributed by atoms with Crippen molar-refractivity contribution in [1.29, 1.82) is 0 Å². The van der Waals surface area contributed by atoms with Gasteiger partial charge in [0.15, 0.2) is 0 Å². The molecule has 0 bridgehead atoms. The van der Waals surface area contributed by atoms with E-state index < -0.39 is 0 Å². The van der Waals surface area contributed by atoms with Gasteiger partial charge in [-0.25, -0.2) is 0 Å². The Morgan fingerprint density at radius 1 is 1.19 bits per heavy atom. The van der Waals surface area contributed by atoms with Crippen molar-refractivity contribution < 1.29 is 9.53 Å². The summed E-state index contributed by atoms with van der Waals surface area (Å²) in [6.07, 6.45) is 4.78. The molecule has 0 saturated carbocycles. The van der Waals surface area contributed by atoms with Crippen LogP contribution in [-0.4, -0.2) is 31.1 Å². The van der Waals surface area contributed by atoms with Crippen molar-refractivity contribution >= 4 is 45.9 Å². The smallest absolute Gasteiger partial charge is 0.269 e. The molecule has 1 aliphatic rings. The zero-order valence-electron chi connectivity index (χ0n) is 17.9. The number of benzene rings is 1. The Balaban J connectivity index is 1.90. The Bertz CT molecular complexity index is 1350. The van der Waals surface area contributed by atoms with Gasteiger partial charge in [0.25, 0.3) is 11.5 Å². The van der Waals surface area contributed by atoms with E-state index in [1.165, 1.54) is 15.4 Å². The SMILES string of the molecule is C=CCN1C(=O)/C(=C\c2c(Oc3cc(C)cc(C)c3)nc3c(C)cccn3c2=O)SC1=S. The minimum atomic E-state index is -0.327. The van der Waals surface area contributed by atoms with Crippen molar-refractivity contribution in [3.05, 3.63) is 86.7 Å². The number of aromatic nitrogens is 2. The first-order chi connectivity index (χ1) is 15.3. The molecular formula is C24H21N3O3S2. The summed E-state index contributed by atoms with van der Waals surface area (Å²) >= 11 is 6.46. The van der Waals surface area contributed by atoms with Gasteiger partial charge >= 0.3 is 0 Å². The summed E-state index contributed by atoms with van der Waals surface area (Å²) in [6.45, 7) is 9.79. The Morgan fingerprint density at radius 2 is 1.91 bits per heavy atom. The van der Waals surface area contributed by atoms with Crippen LogP contribution in [-0.2, 0) is 4.79 Å². The molecule has 8 heteroatoms. The van der Waals surface area contributed by atoms with Crippen LogP contribution in [0.25, 0.3) is 11.7 Å². The molecular weight excluding hydrogens is 442 g/mol. The van der Waals surface area contributed by atoms with Crippen LogP contribution in [0.4, 0.5) is 0 Å². The highest BCUT2D eigenvalue weighted by atomic mass is 32.2. The normalized spacial score (nSPS) is 15.1. The van der Waals surface area contributed by atoms with Gasteiger partial charge in [-0.2, -0.15) is 4.98 Å². The van der Waals surface area contributed by atoms with Crippen LogP contribution < -0.4 is 10.3 Å². The van der Waals surface area contributed by atoms with Gasteiger partial charge in [-0.05, 0) is 61.7 Å². The fourth-order valence-corrected chi connectivity index (χ4v) is 4.77. The molecule has 32 heavy (non-hydrogen) atoms. The van der Waals surface area contributed by atoms with Crippen LogP contribution in [0.5, 0.6) is 11.6 Å². The number of carbonyl (C=O) groups excluding carboxylic acids is 1. The van der Waals surface area contributed by atoms with Gasteiger partial charge in [-0.3, -0.25) is 18.9 Å². The number of rotatable bonds is 5. The zero-order chi connectivity index (χ0) is 23.0. The Kier molecular flexibility index (Phi) is 5.99. The van der Waals surface area contributed by atoms with Crippen LogP contribution in [0.2, 0.25) is 0 Å². The number of nitrogens with zero attached hydrogens (tertiary/aromatic N) is 3. The van der Waals surface area contributed by atoms with Crippen LogP contribution in [0.3, 0.4) is 0 Å². The van der Waals surface area contributed by atoms with E-state index >= 15 is 0 Å². The van der Waals surface area contributed by atoms with Crippen molar-refractivity contribution in [2.24, 2.45) is 0 Å². The molecule has 1 amide bonds. The number of aryl methyl sites for hydroxylation is 3. The molecule has 0 N–H and O–H groups in total. The van der Waals surface area contributed by atoms with Crippen molar-refractivity contribution in [3.8, 4) is 11.6 Å². The third kappa shape index (κ3) is 4.11. The quantitative estimate of drug-likeness (QED) is 0.308. The number of amides is 1. The fraction of sp³-hybridized carbons (Fsp3) is 0.167. The van der Waals surface area contributed by atoms with E-state index in [2.05, 4.69) is 11.6 Å². The Labute approximate surface area is 195 Å². The monoisotopic (exact) mass is 463 g/mol. The van der Waals surface area contributed by atoms with E-state index in [1.54, 1.807) is 18.3 Å². The fourth-order valence-electron chi connectivity index (χ4n) is 3.51. The number of thioether (sulfide) groups is 1. The van der Waals surface area contributed by atoms with E-state index in [9.17, 15) is 9.59 Å². The zero-order valence-corrected chi connectivity index (χ0v) is 19.5. The van der Waals surface area contributed by atoms with E-state index in [1.807, 2.05) is 45.0 Å². The molecule has 0 aliphatic carbocycles. The molecule has 2 aromatic heterocycles. The minimum absolute atomic E-state index is 0.142. The second-order valence-electron chi connectivity index (χ2n) is 7.53. The lowest BCUT2D eigenvalue weighted by molar-refractivity contribution is -0.121. The minimum Gasteiger partial charge on any atom is -0.438 e. The van der Waals surface area contributed by atoms with Gasteiger partial charge in [0.05, 0.1) is 4.91 Å². The average molecular weight is 464 g/mol. The maximum Gasteiger partial charge on any atom is 0.269 e. The van der Waals surface area contributed by atoms with E-state index in [-0.39, 0.29) is 22.9 Å². The third-order valence-corrected chi connectivity index (χ3v) is 6.30. The van der Waals surface area contributed by atoms with Gasteiger partial charge in [-0.1, -0.05) is 42.2 Å². The number of fused-ring (bicyclic) bond motifs is 1. The molecule has 0 radical (unpaired) electrons. The van der Waals surface area contributed by atoms with Gasteiger partial charge in [0.2, 0.25) is 5.88 Å². The molecule has 1 saturated heterocycles. The van der Waals surface area contributed by atoms with E-state index in [0.717, 1.165) is 28.5 Å². The number of hydrogen-bond donors (Lipinski definition) is 0. The second-order valence-corrected chi connectivity index (χ2v) is 9.20. The molecule has 162 valence electrons. The van der Waals surface area contributed by atoms with Gasteiger partial charge < -0.3 is 4.74 Å². The summed E-state index contributed by atoms with van der Waals surface area (Å²) in [5, 5.41) is 0. The maximum atomic E-state index is 13.4. The first kappa shape index (κ1) is 22.0. The van der Waals surface area contributed by atoms with Crippen molar-refractivity contribution in [1.82, 2.24) is 14.3 Å². The summed E-state index contributed by atoms with van der Waals surface area (Å²) in [4.78, 5) is 32.7. The summed E-state index contributed by atoms with van der Waals surface area (Å²) in [7, 11) is 0. The van der Waals surface area contributed by atoms with Crippen LogP contribution in [0, 0.1) is 20.8 Å². The van der Waals surface area contributed by atoms with Crippen LogP contribution in [0.1, 0.15) is 22.3 Å². The molecule has 3 heterocycles. The summed E-state index contributed by atoms with van der Waals surface area (Å²) in [5.74, 6) is 0.440. The number of carbonyl (C=O) groups is 1. The van der Waals surface area contributed by atoms with Crippen molar-refractivity contribution in [2.75, 3.05) is 6.54 Å². The third-order valence-electron chi connectivity index (χ3n) is 4.92. The molecule has 0 atom stereocenters. The first-order valence-electron chi connectivity index (χ1n) is 9.93. The van der Waals surface area contributed by atoms with Gasteiger partial charge in [0.1, 0.15) is 21.3 Å². The highest BCUT2D eigenvalue weighted by molar-refractivity contribution is 8.26. The number of hydrogen-bond acceptors (Lipinski definition) is 6. The molecule has 4 rings (SSSR count). The lowest BCUT2D eigenvalue weighted by Crippen LogP contribution is -2.28. The van der Waals surface area contributed by atoms with Crippen LogP contribution >= 0.6 is 24.0 Å². The maximum absolute atomic E-state index is 13.4. The Morgan fingerprint density at radius 3 is 2.59 bits per heavy atom. The van der Waals surface area contributed by atoms with Gasteiger partial charge in [0, 0.05) is 12.7 Å². The molecule has 1 aromatic carbocycles. The summed E-state index contributed by atoms with van der Waals surface area (Å²) < 4.78 is 7.99. The molecule has 1 fully saturated rings. The number of pyridine rings is 1. The summed E-state index contributed by atoms with van der Waals surface area (Å²) in [5.41, 5.74) is 3.24. The number of thiocarbonyl (C=S) groups is 1. The molecule has 0 spiro atoms. The molecule has 1 aliphatic heterocycles. The highest BCUT2D eigenvalue weighted by Crippen LogP contribution is 2.34. The predicted octanol–water partition coefficient (Wildman–Crippen LogP) is 4.80. The first-order valence-corrected chi connectivity index (χ1v) is 11.2. The lowest BCUT2D eigenvalue weighted by atomic mass is 10.1.